The van der Waals surface area contributed by atoms with Crippen molar-refractivity contribution in [2.75, 3.05) is 18.6 Å². The van der Waals surface area contributed by atoms with Gasteiger partial charge in [-0.2, -0.15) is 0 Å². The van der Waals surface area contributed by atoms with Crippen LogP contribution in [0.5, 0.6) is 11.5 Å². The monoisotopic (exact) mass is 414 g/mol. The Bertz CT molecular complexity index is 995. The average Bonchev–Trinajstić information content (AvgIpc) is 2.67. The molecule has 0 spiro atoms. The molecule has 1 unspecified atom stereocenters. The van der Waals surface area contributed by atoms with Gasteiger partial charge in [0.15, 0.2) is 6.61 Å². The first-order valence-corrected chi connectivity index (χ1v) is 9.50. The van der Waals surface area contributed by atoms with Gasteiger partial charge in [0.2, 0.25) is 0 Å². The molecule has 3 rings (SSSR count). The molecule has 0 fully saturated rings. The number of aliphatic hydroxyl groups is 1. The standard InChI is InChI=1S/C22H23ClN2O4/c1-12(24)22(14(3)26)17-9-20-18(10-19(17)28-4)25(21(27)11-29-20)13(2)15-5-7-16(23)8-6-15/h5-10,13,24,26H,11H2,1-4H3/b22-14+,24-12?. The van der Waals surface area contributed by atoms with Gasteiger partial charge in [0.1, 0.15) is 11.5 Å². The number of aliphatic hydroxyl groups excluding tert-OH is 1. The largest absolute Gasteiger partial charge is 0.512 e. The van der Waals surface area contributed by atoms with E-state index >= 15 is 0 Å². The van der Waals surface area contributed by atoms with Crippen LogP contribution < -0.4 is 14.4 Å². The van der Waals surface area contributed by atoms with Crippen LogP contribution in [0.15, 0.2) is 42.2 Å². The number of ether oxygens (including phenoxy) is 2. The second-order valence-electron chi connectivity index (χ2n) is 6.89. The molecule has 0 aliphatic carbocycles. The summed E-state index contributed by atoms with van der Waals surface area (Å²) in [6.07, 6.45) is 0. The maximum absolute atomic E-state index is 12.7. The van der Waals surface area contributed by atoms with Crippen molar-refractivity contribution >= 4 is 34.5 Å². The Morgan fingerprint density at radius 2 is 1.93 bits per heavy atom. The van der Waals surface area contributed by atoms with E-state index in [2.05, 4.69) is 0 Å². The molecule has 1 aliphatic heterocycles. The van der Waals surface area contributed by atoms with Crippen LogP contribution in [0.1, 0.15) is 37.9 Å². The van der Waals surface area contributed by atoms with Gasteiger partial charge in [0.25, 0.3) is 5.91 Å². The van der Waals surface area contributed by atoms with Crippen LogP contribution >= 0.6 is 11.6 Å². The smallest absolute Gasteiger partial charge is 0.265 e. The van der Waals surface area contributed by atoms with Crippen LogP contribution in [-0.4, -0.2) is 30.4 Å². The van der Waals surface area contributed by atoms with Gasteiger partial charge in [-0.05, 0) is 44.5 Å². The molecule has 0 saturated carbocycles. The van der Waals surface area contributed by atoms with Crippen molar-refractivity contribution in [3.8, 4) is 11.5 Å². The fourth-order valence-corrected chi connectivity index (χ4v) is 3.67. The molecule has 0 bridgehead atoms. The van der Waals surface area contributed by atoms with Crippen LogP contribution in [0, 0.1) is 5.41 Å². The minimum absolute atomic E-state index is 0.00836. The fourth-order valence-electron chi connectivity index (χ4n) is 3.54. The number of hydrogen-bond acceptors (Lipinski definition) is 5. The summed E-state index contributed by atoms with van der Waals surface area (Å²) in [5, 5.41) is 18.7. The Labute approximate surface area is 174 Å². The Balaban J connectivity index is 2.14. The number of nitrogens with one attached hydrogen (secondary N) is 1. The van der Waals surface area contributed by atoms with Crippen LogP contribution in [0.3, 0.4) is 0 Å². The number of allylic oxidation sites excluding steroid dienone is 2. The van der Waals surface area contributed by atoms with E-state index in [9.17, 15) is 9.90 Å². The highest BCUT2D eigenvalue weighted by atomic mass is 35.5. The molecule has 152 valence electrons. The third kappa shape index (κ3) is 3.93. The maximum atomic E-state index is 12.7. The first kappa shape index (κ1) is 20.7. The predicted molar refractivity (Wildman–Crippen MR) is 114 cm³/mol. The number of amides is 1. The number of rotatable bonds is 5. The summed E-state index contributed by atoms with van der Waals surface area (Å²) in [7, 11) is 1.51. The van der Waals surface area contributed by atoms with E-state index in [1.165, 1.54) is 14.0 Å². The molecule has 1 heterocycles. The van der Waals surface area contributed by atoms with Crippen molar-refractivity contribution in [3.63, 3.8) is 0 Å². The number of anilines is 1. The summed E-state index contributed by atoms with van der Waals surface area (Å²) < 4.78 is 11.2. The molecular formula is C22H23ClN2O4. The van der Waals surface area contributed by atoms with E-state index < -0.39 is 0 Å². The third-order valence-corrected chi connectivity index (χ3v) is 5.16. The zero-order valence-corrected chi connectivity index (χ0v) is 17.5. The summed E-state index contributed by atoms with van der Waals surface area (Å²) >= 11 is 5.99. The number of hydrogen-bond donors (Lipinski definition) is 2. The van der Waals surface area contributed by atoms with Crippen molar-refractivity contribution in [3.05, 3.63) is 58.3 Å². The minimum Gasteiger partial charge on any atom is -0.512 e. The lowest BCUT2D eigenvalue weighted by Crippen LogP contribution is -2.40. The zero-order chi connectivity index (χ0) is 21.3. The molecule has 29 heavy (non-hydrogen) atoms. The first-order chi connectivity index (χ1) is 13.7. The molecule has 1 aliphatic rings. The van der Waals surface area contributed by atoms with Gasteiger partial charge >= 0.3 is 0 Å². The zero-order valence-electron chi connectivity index (χ0n) is 16.7. The van der Waals surface area contributed by atoms with E-state index in [1.807, 2.05) is 19.1 Å². The topological polar surface area (TPSA) is 82.9 Å². The predicted octanol–water partition coefficient (Wildman–Crippen LogP) is 5.16. The van der Waals surface area contributed by atoms with Gasteiger partial charge in [-0.3, -0.25) is 9.69 Å². The van der Waals surface area contributed by atoms with Crippen LogP contribution in [-0.2, 0) is 4.79 Å². The van der Waals surface area contributed by atoms with Gasteiger partial charge < -0.3 is 20.0 Å². The third-order valence-electron chi connectivity index (χ3n) is 4.91. The van der Waals surface area contributed by atoms with E-state index in [0.717, 1.165) is 5.56 Å². The van der Waals surface area contributed by atoms with Gasteiger partial charge in [-0.25, -0.2) is 0 Å². The number of nitrogens with zero attached hydrogens (tertiary/aromatic N) is 1. The van der Waals surface area contributed by atoms with Crippen molar-refractivity contribution in [1.82, 2.24) is 0 Å². The molecule has 6 nitrogen and oxygen atoms in total. The summed E-state index contributed by atoms with van der Waals surface area (Å²) in [6.45, 7) is 4.94. The Kier molecular flexibility index (Phi) is 5.84. The van der Waals surface area contributed by atoms with E-state index in [0.29, 0.717) is 33.3 Å². The number of carbonyl (C=O) groups excluding carboxylic acids is 1. The second-order valence-corrected chi connectivity index (χ2v) is 7.32. The summed E-state index contributed by atoms with van der Waals surface area (Å²) in [5.41, 5.74) is 2.60. The average molecular weight is 415 g/mol. The molecule has 7 heteroatoms. The highest BCUT2D eigenvalue weighted by molar-refractivity contribution is 6.30. The number of carbonyl (C=O) groups is 1. The van der Waals surface area contributed by atoms with Crippen LogP contribution in [0.4, 0.5) is 5.69 Å². The molecule has 0 saturated heterocycles. The summed E-state index contributed by atoms with van der Waals surface area (Å²) in [4.78, 5) is 14.4. The van der Waals surface area contributed by atoms with Crippen molar-refractivity contribution in [1.29, 1.82) is 5.41 Å². The summed E-state index contributed by atoms with van der Waals surface area (Å²) in [6, 6.07) is 10.5. The van der Waals surface area contributed by atoms with Crippen molar-refractivity contribution < 1.29 is 19.4 Å². The highest BCUT2D eigenvalue weighted by Crippen LogP contribution is 2.44. The molecule has 0 radical (unpaired) electrons. The van der Waals surface area contributed by atoms with E-state index in [1.54, 1.807) is 36.1 Å². The Hall–Kier alpha value is -2.99. The molecule has 2 aromatic carbocycles. The van der Waals surface area contributed by atoms with Crippen LogP contribution in [0.25, 0.3) is 5.57 Å². The highest BCUT2D eigenvalue weighted by Gasteiger charge is 2.32. The van der Waals surface area contributed by atoms with E-state index in [4.69, 9.17) is 26.5 Å². The van der Waals surface area contributed by atoms with Gasteiger partial charge in [0, 0.05) is 27.9 Å². The number of methoxy groups -OCH3 is 1. The molecule has 1 amide bonds. The van der Waals surface area contributed by atoms with Crippen molar-refractivity contribution in [2.24, 2.45) is 0 Å². The van der Waals surface area contributed by atoms with E-state index in [-0.39, 0.29) is 30.0 Å². The molecule has 1 atom stereocenters. The van der Waals surface area contributed by atoms with Gasteiger partial charge in [-0.15, -0.1) is 0 Å². The van der Waals surface area contributed by atoms with Crippen LogP contribution in [0.2, 0.25) is 5.02 Å². The molecular weight excluding hydrogens is 392 g/mol. The maximum Gasteiger partial charge on any atom is 0.265 e. The Morgan fingerprint density at radius 3 is 2.48 bits per heavy atom. The number of halogens is 1. The minimum atomic E-state index is -0.253. The second kappa shape index (κ2) is 8.17. The lowest BCUT2D eigenvalue weighted by atomic mass is 9.97. The normalized spacial score (nSPS) is 15.2. The first-order valence-electron chi connectivity index (χ1n) is 9.12. The van der Waals surface area contributed by atoms with Crippen molar-refractivity contribution in [2.45, 2.75) is 26.8 Å². The number of benzene rings is 2. The number of fused-ring (bicyclic) bond motifs is 1. The van der Waals surface area contributed by atoms with Gasteiger partial charge in [0.05, 0.1) is 24.6 Å². The Morgan fingerprint density at radius 1 is 1.28 bits per heavy atom. The molecule has 0 aromatic heterocycles. The lowest BCUT2D eigenvalue weighted by molar-refractivity contribution is -0.121. The molecule has 2 aromatic rings. The van der Waals surface area contributed by atoms with Gasteiger partial charge in [-0.1, -0.05) is 23.7 Å². The summed E-state index contributed by atoms with van der Waals surface area (Å²) in [5.74, 6) is 0.757. The molecule has 2 N–H and O–H groups in total. The SMILES string of the molecule is COc1cc2c(cc1/C(C(C)=N)=C(\C)O)OCC(=O)N2C(C)c1ccc(Cl)cc1. The fraction of sp³-hybridized carbons (Fsp3) is 0.273. The lowest BCUT2D eigenvalue weighted by Gasteiger charge is -2.35. The quantitative estimate of drug-likeness (QED) is 0.522.